The van der Waals surface area contributed by atoms with Crippen LogP contribution in [0, 0.1) is 17.5 Å². The molecule has 0 aliphatic carbocycles. The summed E-state index contributed by atoms with van der Waals surface area (Å²) in [6.45, 7) is 0.151. The standard InChI is InChI=1S/C15H10F3NO6S/c16-9-1-2-10(13(18)12(9)17)19-26(22,23)7-5-8(15(20)21)14-11(6-7)24-3-4-25-14/h1-2,5-6,19H,3-4H2,(H,20,21). The molecule has 0 saturated heterocycles. The highest BCUT2D eigenvalue weighted by Crippen LogP contribution is 2.37. The topological polar surface area (TPSA) is 102 Å². The van der Waals surface area contributed by atoms with Crippen molar-refractivity contribution in [2.75, 3.05) is 17.9 Å². The van der Waals surface area contributed by atoms with Crippen molar-refractivity contribution in [3.05, 3.63) is 47.3 Å². The smallest absolute Gasteiger partial charge is 0.339 e. The number of nitrogens with one attached hydrogen (secondary N) is 1. The summed E-state index contributed by atoms with van der Waals surface area (Å²) in [6.07, 6.45) is 0. The summed E-state index contributed by atoms with van der Waals surface area (Å²) in [5.74, 6) is -6.80. The Balaban J connectivity index is 2.06. The van der Waals surface area contributed by atoms with Gasteiger partial charge >= 0.3 is 5.97 Å². The molecule has 0 unspecified atom stereocenters. The Kier molecular flexibility index (Phi) is 4.40. The molecule has 0 atom stereocenters. The van der Waals surface area contributed by atoms with E-state index in [1.807, 2.05) is 0 Å². The van der Waals surface area contributed by atoms with Crippen LogP contribution in [-0.2, 0) is 10.0 Å². The van der Waals surface area contributed by atoms with Gasteiger partial charge in [-0.15, -0.1) is 0 Å². The average molecular weight is 389 g/mol. The van der Waals surface area contributed by atoms with Crippen LogP contribution >= 0.6 is 0 Å². The number of halogens is 3. The number of aromatic carboxylic acids is 1. The lowest BCUT2D eigenvalue weighted by Crippen LogP contribution is -2.20. The minimum absolute atomic E-state index is 0.0702. The van der Waals surface area contributed by atoms with Crippen molar-refractivity contribution in [3.63, 3.8) is 0 Å². The van der Waals surface area contributed by atoms with Crippen LogP contribution in [0.5, 0.6) is 11.5 Å². The second-order valence-electron chi connectivity index (χ2n) is 5.13. The number of ether oxygens (including phenoxy) is 2. The van der Waals surface area contributed by atoms with Gasteiger partial charge in [-0.3, -0.25) is 4.72 Å². The van der Waals surface area contributed by atoms with E-state index in [9.17, 15) is 31.5 Å². The number of benzene rings is 2. The van der Waals surface area contributed by atoms with Crippen molar-refractivity contribution < 1.29 is 41.0 Å². The van der Waals surface area contributed by atoms with Gasteiger partial charge in [-0.05, 0) is 18.2 Å². The molecule has 0 radical (unpaired) electrons. The Labute approximate surface area is 145 Å². The Morgan fingerprint density at radius 3 is 2.46 bits per heavy atom. The van der Waals surface area contributed by atoms with Gasteiger partial charge in [-0.25, -0.2) is 26.4 Å². The molecule has 1 aliphatic rings. The van der Waals surface area contributed by atoms with Gasteiger partial charge in [0.25, 0.3) is 10.0 Å². The molecule has 1 heterocycles. The van der Waals surface area contributed by atoms with E-state index in [0.29, 0.717) is 12.1 Å². The lowest BCUT2D eigenvalue weighted by Gasteiger charge is -2.21. The minimum atomic E-state index is -4.53. The lowest BCUT2D eigenvalue weighted by molar-refractivity contribution is 0.0685. The molecule has 3 rings (SSSR count). The summed E-state index contributed by atoms with van der Waals surface area (Å²) in [6, 6.07) is 3.02. The molecule has 7 nitrogen and oxygen atoms in total. The second kappa shape index (κ2) is 6.41. The number of hydrogen-bond donors (Lipinski definition) is 2. The molecule has 2 aromatic rings. The molecule has 2 N–H and O–H groups in total. The molecule has 1 aliphatic heterocycles. The first kappa shape index (κ1) is 17.9. The van der Waals surface area contributed by atoms with Gasteiger partial charge in [0.15, 0.2) is 29.0 Å². The number of carboxylic acids is 1. The number of anilines is 1. The third kappa shape index (κ3) is 3.12. The van der Waals surface area contributed by atoms with Crippen LogP contribution in [0.4, 0.5) is 18.9 Å². The molecule has 26 heavy (non-hydrogen) atoms. The van der Waals surface area contributed by atoms with Crippen LogP contribution in [0.25, 0.3) is 0 Å². The fraction of sp³-hybridized carbons (Fsp3) is 0.133. The molecule has 0 aromatic heterocycles. The number of carbonyl (C=O) groups is 1. The van der Waals surface area contributed by atoms with E-state index in [4.69, 9.17) is 9.47 Å². The minimum Gasteiger partial charge on any atom is -0.486 e. The molecule has 0 spiro atoms. The Hall–Kier alpha value is -2.95. The fourth-order valence-electron chi connectivity index (χ4n) is 2.25. The van der Waals surface area contributed by atoms with E-state index in [-0.39, 0.29) is 24.7 Å². The summed E-state index contributed by atoms with van der Waals surface area (Å²) in [7, 11) is -4.53. The molecule has 0 fully saturated rings. The van der Waals surface area contributed by atoms with Crippen molar-refractivity contribution in [1.29, 1.82) is 0 Å². The van der Waals surface area contributed by atoms with Crippen molar-refractivity contribution >= 4 is 21.7 Å². The first-order valence-electron chi connectivity index (χ1n) is 7.04. The maximum Gasteiger partial charge on any atom is 0.339 e. The first-order chi connectivity index (χ1) is 12.2. The number of carboxylic acid groups (broad SMARTS) is 1. The Morgan fingerprint density at radius 1 is 1.08 bits per heavy atom. The van der Waals surface area contributed by atoms with Crippen LogP contribution < -0.4 is 14.2 Å². The van der Waals surface area contributed by atoms with Gasteiger partial charge in [-0.2, -0.15) is 0 Å². The fourth-order valence-corrected chi connectivity index (χ4v) is 3.35. The SMILES string of the molecule is O=C(O)c1cc(S(=O)(=O)Nc2ccc(F)c(F)c2F)cc2c1OCCO2. The zero-order valence-electron chi connectivity index (χ0n) is 12.8. The highest BCUT2D eigenvalue weighted by atomic mass is 32.2. The first-order valence-corrected chi connectivity index (χ1v) is 8.52. The van der Waals surface area contributed by atoms with E-state index in [1.165, 1.54) is 0 Å². The maximum absolute atomic E-state index is 13.7. The van der Waals surface area contributed by atoms with Gasteiger partial charge in [0, 0.05) is 6.07 Å². The molecule has 2 aromatic carbocycles. The summed E-state index contributed by atoms with van der Waals surface area (Å²) in [5, 5.41) is 9.23. The van der Waals surface area contributed by atoms with Gasteiger partial charge in [0.1, 0.15) is 18.8 Å². The van der Waals surface area contributed by atoms with E-state index in [0.717, 1.165) is 12.1 Å². The highest BCUT2D eigenvalue weighted by Gasteiger charge is 2.27. The molecule has 0 bridgehead atoms. The zero-order chi connectivity index (χ0) is 19.1. The summed E-state index contributed by atoms with van der Waals surface area (Å²) < 4.78 is 76.9. The van der Waals surface area contributed by atoms with Gasteiger partial charge in [0.2, 0.25) is 0 Å². The van der Waals surface area contributed by atoms with Gasteiger partial charge in [0.05, 0.1) is 10.6 Å². The van der Waals surface area contributed by atoms with Gasteiger partial charge < -0.3 is 14.6 Å². The van der Waals surface area contributed by atoms with Crippen LogP contribution in [-0.4, -0.2) is 32.7 Å². The third-order valence-corrected chi connectivity index (χ3v) is 4.78. The maximum atomic E-state index is 13.7. The zero-order valence-corrected chi connectivity index (χ0v) is 13.6. The third-order valence-electron chi connectivity index (χ3n) is 3.44. The van der Waals surface area contributed by atoms with Crippen molar-refractivity contribution in [1.82, 2.24) is 0 Å². The van der Waals surface area contributed by atoms with Crippen LogP contribution in [0.2, 0.25) is 0 Å². The van der Waals surface area contributed by atoms with Crippen LogP contribution in [0.3, 0.4) is 0 Å². The largest absolute Gasteiger partial charge is 0.486 e. The second-order valence-corrected chi connectivity index (χ2v) is 6.81. The number of rotatable bonds is 4. The molecule has 0 saturated carbocycles. The molecule has 138 valence electrons. The highest BCUT2D eigenvalue weighted by molar-refractivity contribution is 7.92. The summed E-state index contributed by atoms with van der Waals surface area (Å²) in [5.41, 5.74) is -1.32. The van der Waals surface area contributed by atoms with E-state index in [1.54, 1.807) is 4.72 Å². The number of sulfonamides is 1. The molecule has 11 heteroatoms. The summed E-state index contributed by atoms with van der Waals surface area (Å²) in [4.78, 5) is 10.8. The normalized spacial score (nSPS) is 13.3. The Bertz CT molecular complexity index is 1010. The van der Waals surface area contributed by atoms with E-state index >= 15 is 0 Å². The average Bonchev–Trinajstić information content (AvgIpc) is 2.61. The number of fused-ring (bicyclic) bond motifs is 1. The van der Waals surface area contributed by atoms with Crippen molar-refractivity contribution in [3.8, 4) is 11.5 Å². The quantitative estimate of drug-likeness (QED) is 0.779. The predicted molar refractivity (Wildman–Crippen MR) is 81.5 cm³/mol. The number of hydrogen-bond acceptors (Lipinski definition) is 5. The van der Waals surface area contributed by atoms with Crippen LogP contribution in [0.15, 0.2) is 29.2 Å². The molecular formula is C15H10F3NO6S. The lowest BCUT2D eigenvalue weighted by atomic mass is 10.2. The van der Waals surface area contributed by atoms with Crippen molar-refractivity contribution in [2.45, 2.75) is 4.90 Å². The van der Waals surface area contributed by atoms with Crippen LogP contribution in [0.1, 0.15) is 10.4 Å². The Morgan fingerprint density at radius 2 is 1.77 bits per heavy atom. The monoisotopic (exact) mass is 389 g/mol. The van der Waals surface area contributed by atoms with E-state index in [2.05, 4.69) is 0 Å². The van der Waals surface area contributed by atoms with Gasteiger partial charge in [-0.1, -0.05) is 0 Å². The summed E-state index contributed by atoms with van der Waals surface area (Å²) >= 11 is 0. The molecule has 0 amide bonds. The van der Waals surface area contributed by atoms with Crippen molar-refractivity contribution in [2.24, 2.45) is 0 Å². The molecular weight excluding hydrogens is 379 g/mol. The predicted octanol–water partition coefficient (Wildman–Crippen LogP) is 2.37. The van der Waals surface area contributed by atoms with E-state index < -0.39 is 49.6 Å².